The summed E-state index contributed by atoms with van der Waals surface area (Å²) >= 11 is 5.58. The first-order chi connectivity index (χ1) is 18.4. The number of benzene rings is 2. The Morgan fingerprint density at radius 3 is 2.11 bits per heavy atom. The van der Waals surface area contributed by atoms with Gasteiger partial charge in [0.2, 0.25) is 17.0 Å². The van der Waals surface area contributed by atoms with Gasteiger partial charge in [-0.2, -0.15) is 4.99 Å². The molecule has 3 aromatic rings. The number of aryl methyl sites for hydroxylation is 2. The van der Waals surface area contributed by atoms with Gasteiger partial charge in [0.1, 0.15) is 0 Å². The van der Waals surface area contributed by atoms with Gasteiger partial charge in [-0.15, -0.1) is 0 Å². The van der Waals surface area contributed by atoms with Gasteiger partial charge in [0, 0.05) is 54.6 Å². The number of nitrogens with one attached hydrogen (secondary N) is 3. The van der Waals surface area contributed by atoms with Crippen LogP contribution in [0.5, 0.6) is 0 Å². The summed E-state index contributed by atoms with van der Waals surface area (Å²) in [6.07, 6.45) is -0.307. The zero-order valence-corrected chi connectivity index (χ0v) is 22.6. The average molecular weight is 533 g/mol. The molecule has 1 fully saturated rings. The summed E-state index contributed by atoms with van der Waals surface area (Å²) in [5, 5.41) is 10.1. The standard InChI is InChI=1S/C27H32N8O2S/c1-4-37-27(36)35-16-14-34(15-17-35)25(32-24-28-19(2)18-20(3)29-24)33-26(38)31-23-12-10-22(11-13-23)30-21-8-6-5-7-9-21/h5-13,18,30H,4,14-17H2,1-3H3,(H2,28,29,31,32,33,38). The Bertz CT molecular complexity index is 1260. The number of rotatable bonds is 5. The normalized spacial score (nSPS) is 13.6. The molecule has 38 heavy (non-hydrogen) atoms. The highest BCUT2D eigenvalue weighted by atomic mass is 32.1. The van der Waals surface area contributed by atoms with Gasteiger partial charge in [-0.25, -0.2) is 14.8 Å². The minimum Gasteiger partial charge on any atom is -0.450 e. The Balaban J connectivity index is 1.46. The van der Waals surface area contributed by atoms with Crippen molar-refractivity contribution in [2.75, 3.05) is 48.7 Å². The molecule has 3 N–H and O–H groups in total. The van der Waals surface area contributed by atoms with Gasteiger partial charge in [0.15, 0.2) is 0 Å². The molecule has 4 rings (SSSR count). The average Bonchev–Trinajstić information content (AvgIpc) is 2.90. The molecule has 0 unspecified atom stereocenters. The molecular formula is C27H32N8O2S. The maximum Gasteiger partial charge on any atom is 0.409 e. The van der Waals surface area contributed by atoms with E-state index in [2.05, 4.69) is 30.9 Å². The smallest absolute Gasteiger partial charge is 0.409 e. The van der Waals surface area contributed by atoms with Gasteiger partial charge >= 0.3 is 6.09 Å². The lowest BCUT2D eigenvalue weighted by Crippen LogP contribution is -2.52. The summed E-state index contributed by atoms with van der Waals surface area (Å²) in [5.74, 6) is 0.951. The van der Waals surface area contributed by atoms with Crippen molar-refractivity contribution in [3.05, 3.63) is 72.1 Å². The van der Waals surface area contributed by atoms with Crippen LogP contribution in [0.4, 0.5) is 27.8 Å². The Morgan fingerprint density at radius 1 is 0.895 bits per heavy atom. The third-order valence-corrected chi connectivity index (χ3v) is 5.91. The number of thiocarbonyl (C=S) groups is 1. The molecule has 0 bridgehead atoms. The Kier molecular flexibility index (Phi) is 9.04. The van der Waals surface area contributed by atoms with Crippen molar-refractivity contribution in [3.63, 3.8) is 0 Å². The first-order valence-corrected chi connectivity index (χ1v) is 12.9. The van der Waals surface area contributed by atoms with E-state index >= 15 is 0 Å². The summed E-state index contributed by atoms with van der Waals surface area (Å²) in [4.78, 5) is 29.5. The zero-order valence-electron chi connectivity index (χ0n) is 21.8. The van der Waals surface area contributed by atoms with E-state index in [9.17, 15) is 4.79 Å². The molecule has 10 nitrogen and oxygen atoms in total. The summed E-state index contributed by atoms with van der Waals surface area (Å²) in [6, 6.07) is 19.7. The van der Waals surface area contributed by atoms with E-state index in [1.54, 1.807) is 11.8 Å². The van der Waals surface area contributed by atoms with Crippen molar-refractivity contribution < 1.29 is 9.53 Å². The van der Waals surface area contributed by atoms with Crippen molar-refractivity contribution in [3.8, 4) is 0 Å². The Morgan fingerprint density at radius 2 is 1.47 bits per heavy atom. The van der Waals surface area contributed by atoms with E-state index in [4.69, 9.17) is 17.0 Å². The van der Waals surface area contributed by atoms with Crippen molar-refractivity contribution in [2.45, 2.75) is 20.8 Å². The van der Waals surface area contributed by atoms with E-state index in [1.807, 2.05) is 79.4 Å². The topological polar surface area (TPSA) is 107 Å². The molecule has 1 amide bonds. The number of guanidine groups is 1. The molecule has 1 aliphatic rings. The van der Waals surface area contributed by atoms with Crippen LogP contribution in [-0.2, 0) is 4.74 Å². The van der Waals surface area contributed by atoms with Gasteiger partial charge in [0.05, 0.1) is 6.61 Å². The molecule has 11 heteroatoms. The van der Waals surface area contributed by atoms with E-state index in [0.29, 0.717) is 44.7 Å². The number of nitrogens with zero attached hydrogens (tertiary/aromatic N) is 5. The number of anilines is 4. The highest BCUT2D eigenvalue weighted by molar-refractivity contribution is 7.80. The largest absolute Gasteiger partial charge is 0.450 e. The van der Waals surface area contributed by atoms with Crippen molar-refractivity contribution in [2.24, 2.45) is 4.99 Å². The molecule has 0 aliphatic carbocycles. The van der Waals surface area contributed by atoms with Crippen LogP contribution in [0.2, 0.25) is 0 Å². The number of hydrogen-bond donors (Lipinski definition) is 3. The Labute approximate surface area is 228 Å². The number of para-hydroxylation sites is 1. The van der Waals surface area contributed by atoms with Crippen LogP contribution < -0.4 is 16.0 Å². The number of amides is 1. The summed E-state index contributed by atoms with van der Waals surface area (Å²) in [5.41, 5.74) is 4.48. The van der Waals surface area contributed by atoms with Crippen LogP contribution in [0.1, 0.15) is 18.3 Å². The molecule has 1 aromatic heterocycles. The molecule has 2 heterocycles. The maximum atomic E-state index is 12.1. The minimum atomic E-state index is -0.307. The summed E-state index contributed by atoms with van der Waals surface area (Å²) < 4.78 is 5.14. The van der Waals surface area contributed by atoms with E-state index in [-0.39, 0.29) is 11.2 Å². The fourth-order valence-corrected chi connectivity index (χ4v) is 4.15. The van der Waals surface area contributed by atoms with E-state index < -0.39 is 0 Å². The second-order valence-corrected chi connectivity index (χ2v) is 9.09. The molecule has 0 atom stereocenters. The van der Waals surface area contributed by atoms with Gasteiger partial charge < -0.3 is 25.2 Å². The van der Waals surface area contributed by atoms with Gasteiger partial charge in [-0.1, -0.05) is 18.2 Å². The van der Waals surface area contributed by atoms with Crippen LogP contribution in [0.15, 0.2) is 65.7 Å². The molecule has 0 radical (unpaired) electrons. The Hall–Kier alpha value is -4.25. The number of ether oxygens (including phenoxy) is 1. The van der Waals surface area contributed by atoms with Gasteiger partial charge in [0.25, 0.3) is 0 Å². The highest BCUT2D eigenvalue weighted by Gasteiger charge is 2.25. The van der Waals surface area contributed by atoms with Crippen LogP contribution in [0.25, 0.3) is 0 Å². The SMILES string of the molecule is CCOC(=O)N1CCN(/C(=N\C(=S)Nc2ccc(Nc3ccccc3)cc2)Nc2nc(C)cc(C)n2)CC1. The minimum absolute atomic E-state index is 0.286. The fraction of sp³-hybridized carbons (Fsp3) is 0.296. The van der Waals surface area contributed by atoms with Crippen LogP contribution in [0.3, 0.4) is 0 Å². The predicted molar refractivity (Wildman–Crippen MR) is 155 cm³/mol. The van der Waals surface area contributed by atoms with Crippen molar-refractivity contribution >= 4 is 52.4 Å². The summed E-state index contributed by atoms with van der Waals surface area (Å²) in [7, 11) is 0. The van der Waals surface area contributed by atoms with Crippen LogP contribution >= 0.6 is 12.2 Å². The third-order valence-electron chi connectivity index (χ3n) is 5.72. The van der Waals surface area contributed by atoms with Gasteiger partial charge in [-0.05, 0) is 75.5 Å². The van der Waals surface area contributed by atoms with Crippen molar-refractivity contribution in [1.29, 1.82) is 0 Å². The predicted octanol–water partition coefficient (Wildman–Crippen LogP) is 4.78. The number of carbonyl (C=O) groups excluding carboxylic acids is 1. The second kappa shape index (κ2) is 12.8. The molecule has 0 saturated carbocycles. The molecule has 198 valence electrons. The second-order valence-electron chi connectivity index (χ2n) is 8.71. The lowest BCUT2D eigenvalue weighted by molar-refractivity contribution is 0.0920. The number of aliphatic imine (C=N–C) groups is 1. The molecule has 1 aliphatic heterocycles. The number of piperazine rings is 1. The molecular weight excluding hydrogens is 500 g/mol. The first-order valence-electron chi connectivity index (χ1n) is 12.5. The number of aromatic nitrogens is 2. The lowest BCUT2D eigenvalue weighted by Gasteiger charge is -2.35. The molecule has 0 spiro atoms. The van der Waals surface area contributed by atoms with Crippen LogP contribution in [0, 0.1) is 13.8 Å². The van der Waals surface area contributed by atoms with Crippen molar-refractivity contribution in [1.82, 2.24) is 19.8 Å². The number of hydrogen-bond acceptors (Lipinski definition) is 6. The van der Waals surface area contributed by atoms with Crippen LogP contribution in [-0.4, -0.2) is 69.7 Å². The monoisotopic (exact) mass is 532 g/mol. The quantitative estimate of drug-likeness (QED) is 0.243. The highest BCUT2D eigenvalue weighted by Crippen LogP contribution is 2.19. The third kappa shape index (κ3) is 7.62. The molecule has 1 saturated heterocycles. The van der Waals surface area contributed by atoms with Gasteiger partial charge in [-0.3, -0.25) is 5.32 Å². The first kappa shape index (κ1) is 26.8. The molecule has 2 aromatic carbocycles. The van der Waals surface area contributed by atoms with E-state index in [0.717, 1.165) is 28.5 Å². The maximum absolute atomic E-state index is 12.1. The fourth-order valence-electron chi connectivity index (χ4n) is 3.95. The van der Waals surface area contributed by atoms with E-state index in [1.165, 1.54) is 0 Å². The zero-order chi connectivity index (χ0) is 26.9. The number of carbonyl (C=O) groups is 1. The lowest BCUT2D eigenvalue weighted by atomic mass is 10.2. The summed E-state index contributed by atoms with van der Waals surface area (Å²) in [6.45, 7) is 8.09.